The molecule has 46 heavy (non-hydrogen) atoms. The third-order valence-electron chi connectivity index (χ3n) is 8.15. The van der Waals surface area contributed by atoms with E-state index in [1.165, 1.54) is 0 Å². The molecule has 0 fully saturated rings. The van der Waals surface area contributed by atoms with Crippen LogP contribution in [0.25, 0.3) is 21.9 Å². The van der Waals surface area contributed by atoms with Crippen LogP contribution in [0.4, 0.5) is 45.5 Å². The van der Waals surface area contributed by atoms with E-state index in [1.807, 2.05) is 36.4 Å². The fourth-order valence-corrected chi connectivity index (χ4v) is 6.16. The molecule has 0 radical (unpaired) electrons. The fraction of sp³-hybridized carbons (Fsp3) is 0. The van der Waals surface area contributed by atoms with Crippen LogP contribution in [0.15, 0.2) is 186 Å². The molecule has 0 amide bonds. The Morgan fingerprint density at radius 2 is 0.870 bits per heavy atom. The number of anilines is 8. The Balaban J connectivity index is 1.40. The molecule has 0 unspecified atom stereocenters. The molecule has 0 aliphatic rings. The molecule has 0 aliphatic heterocycles. The van der Waals surface area contributed by atoms with Crippen LogP contribution in [0.2, 0.25) is 0 Å². The second-order valence-electron chi connectivity index (χ2n) is 11.2. The Kier molecular flexibility index (Phi) is 7.14. The van der Waals surface area contributed by atoms with Gasteiger partial charge in [0.05, 0.1) is 22.4 Å². The molecule has 8 rings (SSSR count). The SMILES string of the molecule is c1ccc(Nc2cc(N(c3ccccc3)c3ccccc3)cc(N(c3ccccc3)c3cccc4oc5ccccc5c34)c2)cc1. The van der Waals surface area contributed by atoms with Crippen LogP contribution in [-0.2, 0) is 0 Å². The molecule has 1 N–H and O–H groups in total. The molecule has 0 saturated carbocycles. The lowest BCUT2D eigenvalue weighted by molar-refractivity contribution is 0.669. The first-order valence-corrected chi connectivity index (χ1v) is 15.4. The van der Waals surface area contributed by atoms with Crippen LogP contribution >= 0.6 is 0 Å². The Morgan fingerprint density at radius 1 is 0.370 bits per heavy atom. The van der Waals surface area contributed by atoms with Crippen LogP contribution in [-0.4, -0.2) is 0 Å². The fourth-order valence-electron chi connectivity index (χ4n) is 6.16. The third kappa shape index (κ3) is 5.23. The molecule has 4 heteroatoms. The molecule has 0 spiro atoms. The first kappa shape index (κ1) is 27.3. The van der Waals surface area contributed by atoms with Crippen molar-refractivity contribution in [3.8, 4) is 0 Å². The number of fused-ring (bicyclic) bond motifs is 3. The van der Waals surface area contributed by atoms with Crippen molar-refractivity contribution in [1.82, 2.24) is 0 Å². The molecule has 1 heterocycles. The highest BCUT2D eigenvalue weighted by atomic mass is 16.3. The number of nitrogens with zero attached hydrogens (tertiary/aromatic N) is 2. The van der Waals surface area contributed by atoms with Gasteiger partial charge >= 0.3 is 0 Å². The van der Waals surface area contributed by atoms with Gasteiger partial charge in [-0.05, 0) is 84.9 Å². The molecule has 0 bridgehead atoms. The Morgan fingerprint density at radius 3 is 1.50 bits per heavy atom. The molecule has 7 aromatic carbocycles. The molecule has 1 aromatic heterocycles. The van der Waals surface area contributed by atoms with E-state index in [0.29, 0.717) is 0 Å². The van der Waals surface area contributed by atoms with E-state index < -0.39 is 0 Å². The van der Waals surface area contributed by atoms with E-state index in [0.717, 1.165) is 67.4 Å². The zero-order valence-corrected chi connectivity index (χ0v) is 25.1. The highest BCUT2D eigenvalue weighted by Crippen LogP contribution is 2.46. The number of rotatable bonds is 8. The van der Waals surface area contributed by atoms with Crippen molar-refractivity contribution >= 4 is 67.4 Å². The summed E-state index contributed by atoms with van der Waals surface area (Å²) in [4.78, 5) is 4.63. The zero-order chi connectivity index (χ0) is 30.7. The molecule has 0 atom stereocenters. The van der Waals surface area contributed by atoms with Gasteiger partial charge in [-0.2, -0.15) is 0 Å². The molecular formula is C42H31N3O. The maximum atomic E-state index is 6.35. The van der Waals surface area contributed by atoms with Crippen molar-refractivity contribution in [3.63, 3.8) is 0 Å². The standard InChI is InChI=1S/C42H31N3O/c1-5-16-31(17-6-1)43-32-28-36(44(33-18-7-2-8-19-33)34-20-9-3-10-21-34)30-37(29-32)45(35-22-11-4-12-23-35)39-25-15-27-41-42(39)38-24-13-14-26-40(38)46-41/h1-30,43H. The number of nitrogens with one attached hydrogen (secondary N) is 1. The average molecular weight is 594 g/mol. The van der Waals surface area contributed by atoms with E-state index in [2.05, 4.69) is 161 Å². The van der Waals surface area contributed by atoms with Crippen molar-refractivity contribution in [2.45, 2.75) is 0 Å². The monoisotopic (exact) mass is 593 g/mol. The largest absolute Gasteiger partial charge is 0.456 e. The summed E-state index contributed by atoms with van der Waals surface area (Å²) in [5.41, 5.74) is 10.0. The first-order valence-electron chi connectivity index (χ1n) is 15.4. The van der Waals surface area contributed by atoms with Crippen LogP contribution < -0.4 is 15.1 Å². The van der Waals surface area contributed by atoms with Gasteiger partial charge in [-0.1, -0.05) is 97.1 Å². The number of benzene rings is 7. The van der Waals surface area contributed by atoms with Gasteiger partial charge in [-0.3, -0.25) is 0 Å². The van der Waals surface area contributed by atoms with Gasteiger partial charge in [-0.15, -0.1) is 0 Å². The maximum Gasteiger partial charge on any atom is 0.137 e. The van der Waals surface area contributed by atoms with Crippen molar-refractivity contribution in [2.75, 3.05) is 15.1 Å². The summed E-state index contributed by atoms with van der Waals surface area (Å²) in [6.45, 7) is 0. The molecule has 4 nitrogen and oxygen atoms in total. The van der Waals surface area contributed by atoms with Crippen molar-refractivity contribution in [1.29, 1.82) is 0 Å². The average Bonchev–Trinajstić information content (AvgIpc) is 3.50. The predicted molar refractivity (Wildman–Crippen MR) is 193 cm³/mol. The van der Waals surface area contributed by atoms with E-state index in [9.17, 15) is 0 Å². The van der Waals surface area contributed by atoms with Crippen molar-refractivity contribution < 1.29 is 4.42 Å². The lowest BCUT2D eigenvalue weighted by Gasteiger charge is -2.30. The summed E-state index contributed by atoms with van der Waals surface area (Å²) >= 11 is 0. The van der Waals surface area contributed by atoms with Crippen LogP contribution in [0.1, 0.15) is 0 Å². The van der Waals surface area contributed by atoms with E-state index >= 15 is 0 Å². The van der Waals surface area contributed by atoms with Gasteiger partial charge in [0.1, 0.15) is 11.2 Å². The van der Waals surface area contributed by atoms with Crippen molar-refractivity contribution in [2.24, 2.45) is 0 Å². The quantitative estimate of drug-likeness (QED) is 0.190. The van der Waals surface area contributed by atoms with Gasteiger partial charge in [0.2, 0.25) is 0 Å². The summed E-state index contributed by atoms with van der Waals surface area (Å²) in [5.74, 6) is 0. The Labute approximate surface area is 268 Å². The van der Waals surface area contributed by atoms with Gasteiger partial charge in [-0.25, -0.2) is 0 Å². The third-order valence-corrected chi connectivity index (χ3v) is 8.15. The van der Waals surface area contributed by atoms with E-state index in [4.69, 9.17) is 4.42 Å². The smallest absolute Gasteiger partial charge is 0.137 e. The minimum atomic E-state index is 0.855. The van der Waals surface area contributed by atoms with Gasteiger partial charge in [0, 0.05) is 33.8 Å². The Hall–Kier alpha value is -6.26. The number of para-hydroxylation sites is 5. The van der Waals surface area contributed by atoms with Crippen LogP contribution in [0.3, 0.4) is 0 Å². The molecule has 0 saturated heterocycles. The topological polar surface area (TPSA) is 31.6 Å². The van der Waals surface area contributed by atoms with E-state index in [-0.39, 0.29) is 0 Å². The highest BCUT2D eigenvalue weighted by molar-refractivity contribution is 6.13. The highest BCUT2D eigenvalue weighted by Gasteiger charge is 2.22. The predicted octanol–water partition coefficient (Wildman–Crippen LogP) is 12.3. The lowest BCUT2D eigenvalue weighted by Crippen LogP contribution is -2.14. The minimum Gasteiger partial charge on any atom is -0.456 e. The number of hydrogen-bond acceptors (Lipinski definition) is 4. The van der Waals surface area contributed by atoms with E-state index in [1.54, 1.807) is 0 Å². The second-order valence-corrected chi connectivity index (χ2v) is 11.2. The second kappa shape index (κ2) is 12.0. The van der Waals surface area contributed by atoms with Crippen molar-refractivity contribution in [3.05, 3.63) is 182 Å². The summed E-state index contributed by atoms with van der Waals surface area (Å²) in [6.07, 6.45) is 0. The zero-order valence-electron chi connectivity index (χ0n) is 25.1. The summed E-state index contributed by atoms with van der Waals surface area (Å²) < 4.78 is 6.35. The summed E-state index contributed by atoms with van der Waals surface area (Å²) in [6, 6.07) is 63.2. The maximum absolute atomic E-state index is 6.35. The Bertz CT molecular complexity index is 2190. The summed E-state index contributed by atoms with van der Waals surface area (Å²) in [7, 11) is 0. The summed E-state index contributed by atoms with van der Waals surface area (Å²) in [5, 5.41) is 5.85. The van der Waals surface area contributed by atoms with Gasteiger partial charge in [0.15, 0.2) is 0 Å². The van der Waals surface area contributed by atoms with Crippen LogP contribution in [0, 0.1) is 0 Å². The lowest BCUT2D eigenvalue weighted by atomic mass is 10.1. The molecule has 0 aliphatic carbocycles. The number of furan rings is 1. The molecular weight excluding hydrogens is 562 g/mol. The van der Waals surface area contributed by atoms with Crippen LogP contribution in [0.5, 0.6) is 0 Å². The van der Waals surface area contributed by atoms with Gasteiger partial charge in [0.25, 0.3) is 0 Å². The number of hydrogen-bond donors (Lipinski definition) is 1. The minimum absolute atomic E-state index is 0.855. The molecule has 220 valence electrons. The van der Waals surface area contributed by atoms with Gasteiger partial charge < -0.3 is 19.5 Å². The molecule has 8 aromatic rings. The first-order chi connectivity index (χ1) is 22.8. The normalized spacial score (nSPS) is 11.0.